The fraction of sp³-hybridized carbons (Fsp3) is 0.367. The number of nitrogens with two attached hydrogens (primary N) is 1. The van der Waals surface area contributed by atoms with Gasteiger partial charge in [-0.3, -0.25) is 19.0 Å². The molecule has 2 aromatic carbocycles. The van der Waals surface area contributed by atoms with Crippen LogP contribution in [0.5, 0.6) is 0 Å². The maximum absolute atomic E-state index is 13.7. The molecule has 0 saturated carbocycles. The number of amides is 3. The Morgan fingerprint density at radius 2 is 1.44 bits per heavy atom. The molecule has 0 aliphatic carbocycles. The van der Waals surface area contributed by atoms with Gasteiger partial charge in [0.15, 0.2) is 6.29 Å². The highest BCUT2D eigenvalue weighted by Crippen LogP contribution is 2.20. The van der Waals surface area contributed by atoms with Gasteiger partial charge in [-0.2, -0.15) is 4.98 Å². The van der Waals surface area contributed by atoms with Crippen molar-refractivity contribution in [1.82, 2.24) is 25.5 Å². The van der Waals surface area contributed by atoms with E-state index in [1.54, 1.807) is 60.7 Å². The predicted octanol–water partition coefficient (Wildman–Crippen LogP) is -2.80. The zero-order chi connectivity index (χ0) is 32.5. The van der Waals surface area contributed by atoms with Gasteiger partial charge in [-0.1, -0.05) is 60.7 Å². The van der Waals surface area contributed by atoms with E-state index in [1.165, 1.54) is 12.3 Å². The number of carbonyl (C=O) groups excluding carboxylic acids is 3. The molecule has 1 aromatic heterocycles. The summed E-state index contributed by atoms with van der Waals surface area (Å²) >= 11 is 0. The first-order valence-electron chi connectivity index (χ1n) is 14.2. The van der Waals surface area contributed by atoms with Crippen LogP contribution in [0.25, 0.3) is 0 Å². The minimum Gasteiger partial charge on any atom is -0.394 e. The Kier molecular flexibility index (Phi) is 11.3. The van der Waals surface area contributed by atoms with Gasteiger partial charge in [0.2, 0.25) is 17.7 Å². The van der Waals surface area contributed by atoms with Crippen molar-refractivity contribution in [3.63, 3.8) is 0 Å². The van der Waals surface area contributed by atoms with Crippen molar-refractivity contribution in [3.8, 4) is 0 Å². The third kappa shape index (κ3) is 8.93. The fourth-order valence-electron chi connectivity index (χ4n) is 4.87. The van der Waals surface area contributed by atoms with Crippen LogP contribution in [0.2, 0.25) is 0 Å². The van der Waals surface area contributed by atoms with Crippen LogP contribution in [-0.2, 0) is 38.5 Å². The van der Waals surface area contributed by atoms with Crippen LogP contribution in [0.1, 0.15) is 11.1 Å². The summed E-state index contributed by atoms with van der Waals surface area (Å²) in [5.41, 5.74) is 6.13. The molecule has 15 heteroatoms. The number of nitrogen functional groups attached to an aromatic ring is 1. The summed E-state index contributed by atoms with van der Waals surface area (Å²) in [6.07, 6.45) is -5.03. The molecule has 9 N–H and O–H groups in total. The second-order valence-corrected chi connectivity index (χ2v) is 10.6. The molecule has 1 fully saturated rings. The van der Waals surface area contributed by atoms with E-state index in [0.717, 1.165) is 4.57 Å². The number of aromatic nitrogens is 2. The Bertz CT molecular complexity index is 1510. The molecule has 45 heavy (non-hydrogen) atoms. The van der Waals surface area contributed by atoms with Crippen molar-refractivity contribution in [2.24, 2.45) is 0 Å². The zero-order valence-corrected chi connectivity index (χ0v) is 24.1. The lowest BCUT2D eigenvalue weighted by molar-refractivity contribution is -0.254. The third-order valence-corrected chi connectivity index (χ3v) is 7.27. The highest BCUT2D eigenvalue weighted by Gasteiger charge is 2.45. The summed E-state index contributed by atoms with van der Waals surface area (Å²) in [4.78, 5) is 56.0. The van der Waals surface area contributed by atoms with E-state index < -0.39 is 79.3 Å². The van der Waals surface area contributed by atoms with Crippen molar-refractivity contribution in [2.75, 3.05) is 12.3 Å². The first kappa shape index (κ1) is 33.2. The minimum atomic E-state index is -1.77. The summed E-state index contributed by atoms with van der Waals surface area (Å²) < 4.78 is 6.15. The molecule has 240 valence electrons. The van der Waals surface area contributed by atoms with Crippen LogP contribution in [-0.4, -0.2) is 97.0 Å². The van der Waals surface area contributed by atoms with Crippen molar-refractivity contribution in [1.29, 1.82) is 0 Å². The second kappa shape index (κ2) is 15.4. The van der Waals surface area contributed by atoms with Crippen molar-refractivity contribution < 1.29 is 39.5 Å². The monoisotopic (exact) mass is 624 g/mol. The molecule has 0 radical (unpaired) electrons. The van der Waals surface area contributed by atoms with Gasteiger partial charge in [-0.25, -0.2) is 4.79 Å². The van der Waals surface area contributed by atoms with Crippen molar-refractivity contribution >= 4 is 23.5 Å². The summed E-state index contributed by atoms with van der Waals surface area (Å²) in [6, 6.07) is 14.9. The lowest BCUT2D eigenvalue weighted by Gasteiger charge is -2.40. The Balaban J connectivity index is 1.55. The van der Waals surface area contributed by atoms with E-state index in [-0.39, 0.29) is 18.7 Å². The Morgan fingerprint density at radius 3 is 2.00 bits per heavy atom. The van der Waals surface area contributed by atoms with E-state index in [4.69, 9.17) is 10.5 Å². The number of nitrogens with zero attached hydrogens (tertiary/aromatic N) is 2. The highest BCUT2D eigenvalue weighted by atomic mass is 16.6. The van der Waals surface area contributed by atoms with Gasteiger partial charge in [0.1, 0.15) is 48.8 Å². The number of rotatable bonds is 12. The number of aliphatic hydroxyl groups is 4. The molecule has 0 unspecified atom stereocenters. The molecule has 15 nitrogen and oxygen atoms in total. The lowest BCUT2D eigenvalue weighted by atomic mass is 9.96. The van der Waals surface area contributed by atoms with Gasteiger partial charge >= 0.3 is 5.69 Å². The molecule has 7 atom stereocenters. The molecule has 3 amide bonds. The number of benzene rings is 2. The number of nitrogens with one attached hydrogen (secondary N) is 3. The molecule has 4 rings (SSSR count). The van der Waals surface area contributed by atoms with Crippen LogP contribution in [0.3, 0.4) is 0 Å². The van der Waals surface area contributed by atoms with Crippen LogP contribution < -0.4 is 27.4 Å². The standard InChI is InChI=1S/C30H36N6O9/c31-22-11-12-36(30(44)34-22)15-23(38)32-19(13-17-7-3-1-4-8-17)27(41)33-20(14-18-9-5-2-6-10-18)28(42)35-24-26(40)25(39)21(16-37)45-29(24)43/h1-12,19-21,24-26,29,37,39-40,43H,13-16H2,(H,32,38)(H,33,41)(H,35,42)(H2,31,34,44)/t19-,20-,21+,24+,25+,26+,29+/m0/s1. The smallest absolute Gasteiger partial charge is 0.349 e. The predicted molar refractivity (Wildman–Crippen MR) is 159 cm³/mol. The minimum absolute atomic E-state index is 0.0109. The van der Waals surface area contributed by atoms with Crippen LogP contribution in [0, 0.1) is 0 Å². The number of hydrogen-bond donors (Lipinski definition) is 8. The largest absolute Gasteiger partial charge is 0.394 e. The van der Waals surface area contributed by atoms with E-state index in [9.17, 15) is 39.6 Å². The zero-order valence-electron chi connectivity index (χ0n) is 24.1. The fourth-order valence-corrected chi connectivity index (χ4v) is 4.87. The first-order valence-corrected chi connectivity index (χ1v) is 14.2. The number of aliphatic hydroxyl groups excluding tert-OH is 4. The average Bonchev–Trinajstić information content (AvgIpc) is 3.02. The van der Waals surface area contributed by atoms with Gasteiger partial charge in [0.25, 0.3) is 0 Å². The van der Waals surface area contributed by atoms with E-state index in [0.29, 0.717) is 11.1 Å². The van der Waals surface area contributed by atoms with Crippen molar-refractivity contribution in [3.05, 3.63) is 94.5 Å². The van der Waals surface area contributed by atoms with Gasteiger partial charge < -0.3 is 46.8 Å². The summed E-state index contributed by atoms with van der Waals surface area (Å²) in [5, 5.41) is 48.2. The van der Waals surface area contributed by atoms with Gasteiger partial charge in [0.05, 0.1) is 6.61 Å². The van der Waals surface area contributed by atoms with E-state index >= 15 is 0 Å². The van der Waals surface area contributed by atoms with Crippen LogP contribution in [0.4, 0.5) is 5.82 Å². The SMILES string of the molecule is Nc1ccn(CC(=O)N[C@@H](Cc2ccccc2)C(=O)N[C@@H](Cc2ccccc2)C(=O)N[C@@H]2[C@@H](O)[C@H](O)[C@@H](CO)O[C@H]2O)c(=O)n1. The number of ether oxygens (including phenoxy) is 1. The number of carbonyl (C=O) groups is 3. The Labute approximate surface area is 257 Å². The second-order valence-electron chi connectivity index (χ2n) is 10.6. The first-order chi connectivity index (χ1) is 21.5. The molecular formula is C30H36N6O9. The normalized spacial score (nSPS) is 22.5. The topological polar surface area (TPSA) is 238 Å². The molecule has 0 bridgehead atoms. The van der Waals surface area contributed by atoms with E-state index in [2.05, 4.69) is 20.9 Å². The lowest BCUT2D eigenvalue weighted by Crippen LogP contribution is -2.66. The van der Waals surface area contributed by atoms with Crippen LogP contribution in [0.15, 0.2) is 77.7 Å². The average molecular weight is 625 g/mol. The molecular weight excluding hydrogens is 588 g/mol. The highest BCUT2D eigenvalue weighted by molar-refractivity contribution is 5.92. The van der Waals surface area contributed by atoms with E-state index in [1.807, 2.05) is 0 Å². The third-order valence-electron chi connectivity index (χ3n) is 7.27. The van der Waals surface area contributed by atoms with Crippen molar-refractivity contribution in [2.45, 2.75) is 62.1 Å². The Morgan fingerprint density at radius 1 is 0.867 bits per heavy atom. The summed E-state index contributed by atoms with van der Waals surface area (Å²) in [5.74, 6) is -2.24. The Hall–Kier alpha value is -4.67. The molecule has 1 aliphatic rings. The molecule has 1 saturated heterocycles. The van der Waals surface area contributed by atoms with Gasteiger partial charge in [0, 0.05) is 19.0 Å². The maximum Gasteiger partial charge on any atom is 0.349 e. The molecule has 0 spiro atoms. The number of hydrogen-bond acceptors (Lipinski definition) is 11. The molecule has 2 heterocycles. The number of anilines is 1. The maximum atomic E-state index is 13.7. The summed E-state index contributed by atoms with van der Waals surface area (Å²) in [6.45, 7) is -1.13. The quantitative estimate of drug-likeness (QED) is 0.102. The van der Waals surface area contributed by atoms with Crippen LogP contribution >= 0.6 is 0 Å². The molecule has 3 aromatic rings. The van der Waals surface area contributed by atoms with Gasteiger partial charge in [-0.05, 0) is 17.2 Å². The summed E-state index contributed by atoms with van der Waals surface area (Å²) in [7, 11) is 0. The van der Waals surface area contributed by atoms with Gasteiger partial charge in [-0.15, -0.1) is 0 Å². The molecule has 1 aliphatic heterocycles.